The third kappa shape index (κ3) is 7.68. The first-order valence-electron chi connectivity index (χ1n) is 16.5. The fraction of sp³-hybridized carbons (Fsp3) is 0.457. The summed E-state index contributed by atoms with van der Waals surface area (Å²) >= 11 is 3.66. The lowest BCUT2D eigenvalue weighted by molar-refractivity contribution is 0.141. The molecule has 12 heteroatoms. The first-order chi connectivity index (χ1) is 22.9. The van der Waals surface area contributed by atoms with E-state index in [4.69, 9.17) is 14.5 Å². The second kappa shape index (κ2) is 15.2. The summed E-state index contributed by atoms with van der Waals surface area (Å²) in [5.74, 6) is 2.67. The minimum absolute atomic E-state index is 0.433. The molecule has 2 aromatic carbocycles. The zero-order valence-corrected chi connectivity index (χ0v) is 30.6. The lowest BCUT2D eigenvalue weighted by Crippen LogP contribution is -2.46. The summed E-state index contributed by atoms with van der Waals surface area (Å²) in [5.41, 5.74) is 5.39. The first-order valence-corrected chi connectivity index (χ1v) is 19.6. The standard InChI is InChI=1S/C35H46BrN8O2P/c1-6-24-18-30(32(46-3)20-31(24)43-16-12-25(13-17-43)42-14-8-7-9-15-42)40-35-37-22-28(36)34(41-35)39-29-11-10-26(19-33(29)47(4)5)44-23-27(45-2)21-38-44/h10-11,18-23,25H,6-9,12-17H2,1-5H3,(H2,37,39,40,41). The molecular weight excluding hydrogens is 675 g/mol. The van der Waals surface area contributed by atoms with E-state index in [9.17, 15) is 0 Å². The molecule has 2 aromatic heterocycles. The van der Waals surface area contributed by atoms with Crippen LogP contribution in [0.15, 0.2) is 53.4 Å². The minimum atomic E-state index is -0.433. The molecule has 0 unspecified atom stereocenters. The number of hydrogen-bond acceptors (Lipinski definition) is 9. The van der Waals surface area contributed by atoms with Crippen molar-refractivity contribution < 1.29 is 9.47 Å². The Morgan fingerprint density at radius 3 is 2.40 bits per heavy atom. The molecule has 0 bridgehead atoms. The number of piperidine rings is 2. The number of methoxy groups -OCH3 is 2. The Labute approximate surface area is 288 Å². The molecule has 250 valence electrons. The van der Waals surface area contributed by atoms with Gasteiger partial charge < -0.3 is 29.9 Å². The number of hydrogen-bond donors (Lipinski definition) is 2. The van der Waals surface area contributed by atoms with Gasteiger partial charge in [0.1, 0.15) is 11.6 Å². The Kier molecular flexibility index (Phi) is 10.8. The third-order valence-corrected chi connectivity index (χ3v) is 11.2. The SMILES string of the molecule is CCc1cc(Nc2ncc(Br)c(Nc3ccc(-n4cc(OC)cn4)cc3P(C)C)n2)c(OC)cc1N1CCC(N2CCCCC2)CC1. The highest BCUT2D eigenvalue weighted by molar-refractivity contribution is 9.10. The molecule has 4 aromatic rings. The molecule has 2 aliphatic rings. The van der Waals surface area contributed by atoms with E-state index in [0.717, 1.165) is 52.5 Å². The Morgan fingerprint density at radius 1 is 0.936 bits per heavy atom. The van der Waals surface area contributed by atoms with Gasteiger partial charge in [0, 0.05) is 48.1 Å². The smallest absolute Gasteiger partial charge is 0.229 e. The zero-order valence-electron chi connectivity index (χ0n) is 28.1. The van der Waals surface area contributed by atoms with Gasteiger partial charge in [0.15, 0.2) is 5.75 Å². The lowest BCUT2D eigenvalue weighted by atomic mass is 9.98. The topological polar surface area (TPSA) is 92.6 Å². The summed E-state index contributed by atoms with van der Waals surface area (Å²) in [6, 6.07) is 11.4. The van der Waals surface area contributed by atoms with Crippen LogP contribution in [0.2, 0.25) is 0 Å². The molecule has 0 aliphatic carbocycles. The summed E-state index contributed by atoms with van der Waals surface area (Å²) in [4.78, 5) is 14.7. The van der Waals surface area contributed by atoms with Crippen molar-refractivity contribution in [3.05, 3.63) is 59.0 Å². The van der Waals surface area contributed by atoms with Crippen LogP contribution in [-0.4, -0.2) is 84.4 Å². The molecule has 0 atom stereocenters. The van der Waals surface area contributed by atoms with Gasteiger partial charge in [-0.05, 0) is 104 Å². The van der Waals surface area contributed by atoms with Crippen molar-refractivity contribution in [2.45, 2.75) is 51.5 Å². The van der Waals surface area contributed by atoms with Crippen LogP contribution in [0.3, 0.4) is 0 Å². The summed E-state index contributed by atoms with van der Waals surface area (Å²) in [7, 11) is 2.94. The van der Waals surface area contributed by atoms with Crippen molar-refractivity contribution in [2.75, 3.05) is 69.3 Å². The largest absolute Gasteiger partial charge is 0.494 e. The summed E-state index contributed by atoms with van der Waals surface area (Å²) in [6.07, 6.45) is 12.8. The molecule has 2 saturated heterocycles. The zero-order chi connectivity index (χ0) is 32.9. The normalized spacial score (nSPS) is 16.0. The number of aromatic nitrogens is 4. The Hall–Kier alpha value is -3.40. The molecule has 0 spiro atoms. The highest BCUT2D eigenvalue weighted by Gasteiger charge is 2.27. The Morgan fingerprint density at radius 2 is 1.72 bits per heavy atom. The molecule has 4 heterocycles. The van der Waals surface area contributed by atoms with Crippen molar-refractivity contribution in [1.82, 2.24) is 24.6 Å². The van der Waals surface area contributed by atoms with Gasteiger partial charge in [-0.2, -0.15) is 10.1 Å². The number of nitrogens with zero attached hydrogens (tertiary/aromatic N) is 6. The maximum atomic E-state index is 5.92. The second-order valence-corrected chi connectivity index (χ2v) is 15.5. The van der Waals surface area contributed by atoms with Gasteiger partial charge in [-0.25, -0.2) is 9.67 Å². The van der Waals surface area contributed by atoms with Gasteiger partial charge in [0.2, 0.25) is 5.95 Å². The highest BCUT2D eigenvalue weighted by Crippen LogP contribution is 2.38. The van der Waals surface area contributed by atoms with E-state index >= 15 is 0 Å². The van der Waals surface area contributed by atoms with Crippen LogP contribution < -0.4 is 30.3 Å². The molecule has 2 aliphatic heterocycles. The fourth-order valence-electron chi connectivity index (χ4n) is 6.67. The number of anilines is 5. The van der Waals surface area contributed by atoms with Crippen LogP contribution in [0, 0.1) is 0 Å². The monoisotopic (exact) mass is 720 g/mol. The van der Waals surface area contributed by atoms with Crippen molar-refractivity contribution in [1.29, 1.82) is 0 Å². The van der Waals surface area contributed by atoms with Gasteiger partial charge in [0.25, 0.3) is 0 Å². The van der Waals surface area contributed by atoms with Crippen LogP contribution in [0.1, 0.15) is 44.6 Å². The molecular formula is C35H46BrN8O2P. The molecule has 10 nitrogen and oxygen atoms in total. The van der Waals surface area contributed by atoms with Crippen molar-refractivity contribution in [3.63, 3.8) is 0 Å². The van der Waals surface area contributed by atoms with Crippen LogP contribution in [-0.2, 0) is 6.42 Å². The van der Waals surface area contributed by atoms with Gasteiger partial charge >= 0.3 is 0 Å². The number of ether oxygens (including phenoxy) is 2. The lowest BCUT2D eigenvalue weighted by Gasteiger charge is -2.41. The van der Waals surface area contributed by atoms with Crippen LogP contribution in [0.4, 0.5) is 28.8 Å². The fourth-order valence-corrected chi connectivity index (χ4v) is 7.96. The van der Waals surface area contributed by atoms with Crippen molar-refractivity contribution in [3.8, 4) is 17.2 Å². The number of likely N-dealkylation sites (tertiary alicyclic amines) is 1. The van der Waals surface area contributed by atoms with Crippen LogP contribution in [0.25, 0.3) is 5.69 Å². The number of rotatable bonds is 11. The average Bonchev–Trinajstić information content (AvgIpc) is 3.59. The van der Waals surface area contributed by atoms with E-state index in [1.165, 1.54) is 61.7 Å². The van der Waals surface area contributed by atoms with Gasteiger partial charge in [-0.3, -0.25) is 0 Å². The molecule has 0 saturated carbocycles. The molecule has 47 heavy (non-hydrogen) atoms. The summed E-state index contributed by atoms with van der Waals surface area (Å²) in [6.45, 7) is 11.4. The van der Waals surface area contributed by atoms with E-state index < -0.39 is 7.92 Å². The van der Waals surface area contributed by atoms with E-state index in [0.29, 0.717) is 17.8 Å². The quantitative estimate of drug-likeness (QED) is 0.155. The molecule has 0 amide bonds. The minimum Gasteiger partial charge on any atom is -0.494 e. The predicted octanol–water partition coefficient (Wildman–Crippen LogP) is 7.31. The molecule has 6 rings (SSSR count). The number of aryl methyl sites for hydroxylation is 1. The van der Waals surface area contributed by atoms with E-state index in [1.807, 2.05) is 16.9 Å². The second-order valence-electron chi connectivity index (χ2n) is 12.4. The van der Waals surface area contributed by atoms with Crippen molar-refractivity contribution in [2.24, 2.45) is 0 Å². The van der Waals surface area contributed by atoms with Gasteiger partial charge in [0.05, 0.1) is 42.5 Å². The van der Waals surface area contributed by atoms with Crippen LogP contribution >= 0.6 is 23.9 Å². The average molecular weight is 722 g/mol. The summed E-state index contributed by atoms with van der Waals surface area (Å²) < 4.78 is 13.8. The Bertz CT molecular complexity index is 1670. The molecule has 2 fully saturated rings. The Balaban J connectivity index is 1.20. The summed E-state index contributed by atoms with van der Waals surface area (Å²) in [5, 5.41) is 12.7. The molecule has 2 N–H and O–H groups in total. The maximum Gasteiger partial charge on any atom is 0.229 e. The van der Waals surface area contributed by atoms with Crippen molar-refractivity contribution >= 4 is 58.0 Å². The van der Waals surface area contributed by atoms with Crippen LogP contribution in [0.5, 0.6) is 11.5 Å². The van der Waals surface area contributed by atoms with Gasteiger partial charge in [-0.15, -0.1) is 0 Å². The highest BCUT2D eigenvalue weighted by atomic mass is 79.9. The van der Waals surface area contributed by atoms with E-state index in [1.54, 1.807) is 26.6 Å². The van der Waals surface area contributed by atoms with Gasteiger partial charge in [-0.1, -0.05) is 21.3 Å². The number of benzene rings is 2. The van der Waals surface area contributed by atoms with E-state index in [2.05, 4.69) is 91.0 Å². The number of nitrogens with one attached hydrogen (secondary N) is 2. The maximum absolute atomic E-state index is 5.92. The van der Waals surface area contributed by atoms with E-state index in [-0.39, 0.29) is 0 Å². The third-order valence-electron chi connectivity index (χ3n) is 9.26. The molecule has 0 radical (unpaired) electrons. The first kappa shape index (κ1) is 33.5. The predicted molar refractivity (Wildman–Crippen MR) is 198 cm³/mol. The number of halogens is 1.